The van der Waals surface area contributed by atoms with Gasteiger partial charge in [0.1, 0.15) is 6.54 Å². The summed E-state index contributed by atoms with van der Waals surface area (Å²) in [5.74, 6) is -0.282. The lowest BCUT2D eigenvalue weighted by atomic mass is 10.1. The highest BCUT2D eigenvalue weighted by Crippen LogP contribution is 2.26. The molecule has 0 saturated carbocycles. The molecule has 2 heterocycles. The van der Waals surface area contributed by atoms with E-state index in [9.17, 15) is 9.59 Å². The number of carbonyl (C=O) groups excluding carboxylic acids is 2. The van der Waals surface area contributed by atoms with Gasteiger partial charge in [-0.2, -0.15) is 0 Å². The molecular weight excluding hydrogens is 218 g/mol. The van der Waals surface area contributed by atoms with Crippen molar-refractivity contribution >= 4 is 28.4 Å². The second kappa shape index (κ2) is 3.55. The summed E-state index contributed by atoms with van der Waals surface area (Å²) < 4.78 is 0. The van der Waals surface area contributed by atoms with Gasteiger partial charge in [-0.25, -0.2) is 4.79 Å². The molecule has 1 N–H and O–H groups in total. The van der Waals surface area contributed by atoms with Gasteiger partial charge in [-0.1, -0.05) is 12.1 Å². The van der Waals surface area contributed by atoms with Gasteiger partial charge < -0.3 is 0 Å². The van der Waals surface area contributed by atoms with E-state index in [-0.39, 0.29) is 18.5 Å². The number of imide groups is 1. The van der Waals surface area contributed by atoms with Crippen LogP contribution >= 0.6 is 0 Å². The smallest absolute Gasteiger partial charge is 0.284 e. The standard InChI is InChI=1S/C12H9N3O2/c16-11-7-15(12(17)14-11)10-3-1-2-8-4-5-13-6-9(8)10/h1-6H,7H2,(H,14,16,17). The molecule has 0 radical (unpaired) electrons. The molecule has 84 valence electrons. The predicted molar refractivity (Wildman–Crippen MR) is 62.6 cm³/mol. The third-order valence-electron chi connectivity index (χ3n) is 2.74. The van der Waals surface area contributed by atoms with E-state index in [4.69, 9.17) is 0 Å². The molecule has 17 heavy (non-hydrogen) atoms. The maximum Gasteiger partial charge on any atom is 0.329 e. The summed E-state index contributed by atoms with van der Waals surface area (Å²) >= 11 is 0. The molecule has 3 amide bonds. The lowest BCUT2D eigenvalue weighted by Crippen LogP contribution is -2.27. The highest BCUT2D eigenvalue weighted by molar-refractivity contribution is 6.15. The Kier molecular flexibility index (Phi) is 2.04. The Morgan fingerprint density at radius 2 is 2.12 bits per heavy atom. The Morgan fingerprint density at radius 1 is 1.24 bits per heavy atom. The van der Waals surface area contributed by atoms with Crippen LogP contribution < -0.4 is 10.2 Å². The Balaban J connectivity index is 2.17. The number of fused-ring (bicyclic) bond motifs is 1. The van der Waals surface area contributed by atoms with Crippen LogP contribution in [0.25, 0.3) is 10.8 Å². The van der Waals surface area contributed by atoms with Crippen molar-refractivity contribution in [3.63, 3.8) is 0 Å². The minimum Gasteiger partial charge on any atom is -0.284 e. The SMILES string of the molecule is O=C1CN(c2cccc3ccncc23)C(=O)N1. The highest BCUT2D eigenvalue weighted by Gasteiger charge is 2.28. The van der Waals surface area contributed by atoms with Gasteiger partial charge in [0.15, 0.2) is 0 Å². The number of carbonyl (C=O) groups is 2. The topological polar surface area (TPSA) is 62.3 Å². The molecule has 5 nitrogen and oxygen atoms in total. The number of aromatic nitrogens is 1. The van der Waals surface area contributed by atoms with Crippen molar-refractivity contribution in [2.24, 2.45) is 0 Å². The van der Waals surface area contributed by atoms with Crippen molar-refractivity contribution in [2.75, 3.05) is 11.4 Å². The maximum absolute atomic E-state index is 11.6. The molecule has 3 rings (SSSR count). The molecule has 2 aromatic rings. The first-order chi connectivity index (χ1) is 8.25. The van der Waals surface area contributed by atoms with Crippen molar-refractivity contribution in [3.05, 3.63) is 36.7 Å². The molecular formula is C12H9N3O2. The number of amides is 3. The van der Waals surface area contributed by atoms with Gasteiger partial charge in [-0.15, -0.1) is 0 Å². The van der Waals surface area contributed by atoms with Gasteiger partial charge in [0.2, 0.25) is 5.91 Å². The van der Waals surface area contributed by atoms with Gasteiger partial charge in [0, 0.05) is 17.8 Å². The minimum atomic E-state index is -0.383. The van der Waals surface area contributed by atoms with E-state index in [1.54, 1.807) is 12.4 Å². The molecule has 5 heteroatoms. The van der Waals surface area contributed by atoms with Gasteiger partial charge >= 0.3 is 6.03 Å². The lowest BCUT2D eigenvalue weighted by Gasteiger charge is -2.15. The van der Waals surface area contributed by atoms with Crippen LogP contribution in [0.15, 0.2) is 36.7 Å². The van der Waals surface area contributed by atoms with Gasteiger partial charge in [0.05, 0.1) is 5.69 Å². The Bertz CT molecular complexity index is 619. The van der Waals surface area contributed by atoms with Crippen LogP contribution in [-0.4, -0.2) is 23.5 Å². The number of hydrogen-bond acceptors (Lipinski definition) is 3. The van der Waals surface area contributed by atoms with Crippen molar-refractivity contribution in [2.45, 2.75) is 0 Å². The fourth-order valence-corrected chi connectivity index (χ4v) is 1.97. The van der Waals surface area contributed by atoms with E-state index in [1.807, 2.05) is 24.3 Å². The molecule has 1 aliphatic heterocycles. The summed E-state index contributed by atoms with van der Waals surface area (Å²) in [7, 11) is 0. The number of urea groups is 1. The molecule has 0 atom stereocenters. The zero-order valence-electron chi connectivity index (χ0n) is 8.88. The average Bonchev–Trinajstić information content (AvgIpc) is 2.68. The van der Waals surface area contributed by atoms with Crippen LogP contribution in [0.1, 0.15) is 0 Å². The molecule has 1 saturated heterocycles. The van der Waals surface area contributed by atoms with E-state index in [0.29, 0.717) is 5.69 Å². The number of pyridine rings is 1. The van der Waals surface area contributed by atoms with E-state index in [2.05, 4.69) is 10.3 Å². The highest BCUT2D eigenvalue weighted by atomic mass is 16.2. The first kappa shape index (κ1) is 9.77. The molecule has 0 spiro atoms. The van der Waals surface area contributed by atoms with E-state index in [0.717, 1.165) is 10.8 Å². The molecule has 0 aliphatic carbocycles. The average molecular weight is 227 g/mol. The Morgan fingerprint density at radius 3 is 2.88 bits per heavy atom. The predicted octanol–water partition coefficient (Wildman–Crippen LogP) is 1.29. The van der Waals surface area contributed by atoms with Crippen molar-refractivity contribution < 1.29 is 9.59 Å². The van der Waals surface area contributed by atoms with Crippen LogP contribution in [-0.2, 0) is 4.79 Å². The van der Waals surface area contributed by atoms with Crippen LogP contribution in [0.4, 0.5) is 10.5 Å². The van der Waals surface area contributed by atoms with Crippen LogP contribution in [0.2, 0.25) is 0 Å². The number of nitrogens with one attached hydrogen (secondary N) is 1. The lowest BCUT2D eigenvalue weighted by molar-refractivity contribution is -0.117. The zero-order valence-corrected chi connectivity index (χ0v) is 8.88. The molecule has 1 aromatic carbocycles. The molecule has 0 unspecified atom stereocenters. The van der Waals surface area contributed by atoms with Crippen LogP contribution in [0.3, 0.4) is 0 Å². The Labute approximate surface area is 97.1 Å². The number of benzene rings is 1. The quantitative estimate of drug-likeness (QED) is 0.747. The van der Waals surface area contributed by atoms with Gasteiger partial charge in [-0.05, 0) is 17.5 Å². The van der Waals surface area contributed by atoms with E-state index in [1.165, 1.54) is 4.90 Å². The van der Waals surface area contributed by atoms with E-state index >= 15 is 0 Å². The first-order valence-electron chi connectivity index (χ1n) is 5.20. The number of rotatable bonds is 1. The first-order valence-corrected chi connectivity index (χ1v) is 5.20. The second-order valence-corrected chi connectivity index (χ2v) is 3.81. The molecule has 1 aromatic heterocycles. The maximum atomic E-state index is 11.6. The van der Waals surface area contributed by atoms with Crippen molar-refractivity contribution in [1.82, 2.24) is 10.3 Å². The number of anilines is 1. The van der Waals surface area contributed by atoms with Crippen molar-refractivity contribution in [3.8, 4) is 0 Å². The monoisotopic (exact) mass is 227 g/mol. The summed E-state index contributed by atoms with van der Waals surface area (Å²) in [4.78, 5) is 28.3. The van der Waals surface area contributed by atoms with Gasteiger partial charge in [0.25, 0.3) is 0 Å². The third kappa shape index (κ3) is 1.52. The normalized spacial score (nSPS) is 15.4. The minimum absolute atomic E-state index is 0.0623. The van der Waals surface area contributed by atoms with Crippen LogP contribution in [0, 0.1) is 0 Å². The fraction of sp³-hybridized carbons (Fsp3) is 0.0833. The van der Waals surface area contributed by atoms with Crippen molar-refractivity contribution in [1.29, 1.82) is 0 Å². The molecule has 0 bridgehead atoms. The zero-order chi connectivity index (χ0) is 11.8. The third-order valence-corrected chi connectivity index (χ3v) is 2.74. The molecule has 1 aliphatic rings. The summed E-state index contributed by atoms with van der Waals surface area (Å²) in [5, 5.41) is 4.11. The summed E-state index contributed by atoms with van der Waals surface area (Å²) in [6.45, 7) is 0.0623. The number of nitrogens with zero attached hydrogens (tertiary/aromatic N) is 2. The van der Waals surface area contributed by atoms with E-state index < -0.39 is 0 Å². The number of hydrogen-bond donors (Lipinski definition) is 1. The Hall–Kier alpha value is -2.43. The summed E-state index contributed by atoms with van der Waals surface area (Å²) in [6, 6.07) is 7.09. The summed E-state index contributed by atoms with van der Waals surface area (Å²) in [5.41, 5.74) is 0.707. The second-order valence-electron chi connectivity index (χ2n) is 3.81. The largest absolute Gasteiger partial charge is 0.329 e. The van der Waals surface area contributed by atoms with Crippen LogP contribution in [0.5, 0.6) is 0 Å². The van der Waals surface area contributed by atoms with Gasteiger partial charge in [-0.3, -0.25) is 20.0 Å². The summed E-state index contributed by atoms with van der Waals surface area (Å²) in [6.07, 6.45) is 3.39. The molecule has 1 fully saturated rings. The fourth-order valence-electron chi connectivity index (χ4n) is 1.97.